The number of anilines is 1. The maximum absolute atomic E-state index is 13.1. The highest BCUT2D eigenvalue weighted by atomic mass is 19.4. The molecule has 0 saturated carbocycles. The number of methoxy groups -OCH3 is 1. The summed E-state index contributed by atoms with van der Waals surface area (Å²) in [5, 5.41) is 2.30. The van der Waals surface area contributed by atoms with Gasteiger partial charge in [-0.15, -0.1) is 0 Å². The number of ether oxygens (including phenoxy) is 1. The molecule has 1 aromatic carbocycles. The highest BCUT2D eigenvalue weighted by Crippen LogP contribution is 2.31. The van der Waals surface area contributed by atoms with Crippen LogP contribution in [0.1, 0.15) is 6.42 Å². The second kappa shape index (κ2) is 5.60. The minimum Gasteiger partial charge on any atom is -0.497 e. The normalized spacial score (nSPS) is 20.3. The molecule has 1 amide bonds. The van der Waals surface area contributed by atoms with E-state index in [1.807, 2.05) is 0 Å². The maximum atomic E-state index is 13.1. The molecule has 1 N–H and O–H groups in total. The summed E-state index contributed by atoms with van der Waals surface area (Å²) >= 11 is 0. The molecule has 2 rings (SSSR count). The van der Waals surface area contributed by atoms with Gasteiger partial charge in [0.05, 0.1) is 7.11 Å². The number of nitrogens with one attached hydrogen (secondary N) is 1. The number of hydrogen-bond acceptors (Lipinski definition) is 3. The standard InChI is InChI=1S/C13H15F3N2O2/c1-20-10-4-2-3-9(7-10)18-6-5-12(19)17-8-11(18)13(14,15)16/h2-4,7,11H,5-6,8H2,1H3,(H,17,19). The minimum atomic E-state index is -4.42. The van der Waals surface area contributed by atoms with E-state index in [1.165, 1.54) is 18.1 Å². The van der Waals surface area contributed by atoms with Gasteiger partial charge in [-0.2, -0.15) is 13.2 Å². The Morgan fingerprint density at radius 1 is 1.40 bits per heavy atom. The van der Waals surface area contributed by atoms with Crippen LogP contribution in [0.3, 0.4) is 0 Å². The molecule has 1 aromatic rings. The summed E-state index contributed by atoms with van der Waals surface area (Å²) in [4.78, 5) is 12.5. The Morgan fingerprint density at radius 2 is 2.15 bits per heavy atom. The van der Waals surface area contributed by atoms with Crippen molar-refractivity contribution in [3.8, 4) is 5.75 Å². The Kier molecular flexibility index (Phi) is 4.06. The van der Waals surface area contributed by atoms with Crippen molar-refractivity contribution in [3.05, 3.63) is 24.3 Å². The number of carbonyl (C=O) groups is 1. The van der Waals surface area contributed by atoms with Crippen molar-refractivity contribution in [1.29, 1.82) is 0 Å². The largest absolute Gasteiger partial charge is 0.497 e. The first kappa shape index (κ1) is 14.5. The monoisotopic (exact) mass is 288 g/mol. The lowest BCUT2D eigenvalue weighted by atomic mass is 10.2. The van der Waals surface area contributed by atoms with Crippen molar-refractivity contribution in [3.63, 3.8) is 0 Å². The topological polar surface area (TPSA) is 41.6 Å². The quantitative estimate of drug-likeness (QED) is 0.904. The molecule has 1 fully saturated rings. The summed E-state index contributed by atoms with van der Waals surface area (Å²) in [5.41, 5.74) is 0.392. The smallest absolute Gasteiger partial charge is 0.410 e. The fraction of sp³-hybridized carbons (Fsp3) is 0.462. The maximum Gasteiger partial charge on any atom is 0.410 e. The molecule has 110 valence electrons. The van der Waals surface area contributed by atoms with Gasteiger partial charge in [0.25, 0.3) is 0 Å². The molecule has 0 radical (unpaired) electrons. The molecule has 4 nitrogen and oxygen atoms in total. The minimum absolute atomic E-state index is 0.0170. The molecule has 1 atom stereocenters. The van der Waals surface area contributed by atoms with E-state index in [0.717, 1.165) is 0 Å². The molecule has 1 aliphatic rings. The lowest BCUT2D eigenvalue weighted by Crippen LogP contribution is -2.50. The third kappa shape index (κ3) is 3.15. The van der Waals surface area contributed by atoms with Crippen molar-refractivity contribution in [2.75, 3.05) is 25.1 Å². The van der Waals surface area contributed by atoms with E-state index in [-0.39, 0.29) is 18.9 Å². The van der Waals surface area contributed by atoms with Crippen molar-refractivity contribution >= 4 is 11.6 Å². The summed E-state index contributed by atoms with van der Waals surface area (Å²) in [6.07, 6.45) is -4.38. The lowest BCUT2D eigenvalue weighted by Gasteiger charge is -2.32. The van der Waals surface area contributed by atoms with E-state index < -0.39 is 18.8 Å². The van der Waals surface area contributed by atoms with Gasteiger partial charge in [-0.25, -0.2) is 0 Å². The first-order valence-electron chi connectivity index (χ1n) is 6.16. The van der Waals surface area contributed by atoms with Crippen LogP contribution in [0.4, 0.5) is 18.9 Å². The van der Waals surface area contributed by atoms with Crippen LogP contribution in [0, 0.1) is 0 Å². The zero-order valence-corrected chi connectivity index (χ0v) is 10.9. The first-order chi connectivity index (χ1) is 9.41. The van der Waals surface area contributed by atoms with E-state index in [1.54, 1.807) is 18.2 Å². The number of hydrogen-bond donors (Lipinski definition) is 1. The third-order valence-electron chi connectivity index (χ3n) is 3.21. The number of halogens is 3. The van der Waals surface area contributed by atoms with Crippen LogP contribution < -0.4 is 15.0 Å². The van der Waals surface area contributed by atoms with Crippen LogP contribution in [0.5, 0.6) is 5.75 Å². The highest BCUT2D eigenvalue weighted by molar-refractivity contribution is 5.77. The van der Waals surface area contributed by atoms with Crippen LogP contribution in [-0.4, -0.2) is 38.3 Å². The number of rotatable bonds is 2. The molecule has 0 aliphatic carbocycles. The van der Waals surface area contributed by atoms with Gasteiger partial charge < -0.3 is 15.0 Å². The molecule has 1 heterocycles. The van der Waals surface area contributed by atoms with E-state index in [2.05, 4.69) is 5.32 Å². The van der Waals surface area contributed by atoms with Crippen molar-refractivity contribution in [2.24, 2.45) is 0 Å². The molecule has 0 spiro atoms. The van der Waals surface area contributed by atoms with Crippen LogP contribution >= 0.6 is 0 Å². The molecule has 1 saturated heterocycles. The van der Waals surface area contributed by atoms with Gasteiger partial charge >= 0.3 is 6.18 Å². The third-order valence-corrected chi connectivity index (χ3v) is 3.21. The molecule has 0 bridgehead atoms. The summed E-state index contributed by atoms with van der Waals surface area (Å²) < 4.78 is 44.5. The second-order valence-electron chi connectivity index (χ2n) is 4.51. The average Bonchev–Trinajstić information content (AvgIpc) is 2.60. The van der Waals surface area contributed by atoms with Gasteiger partial charge in [0.1, 0.15) is 11.8 Å². The van der Waals surface area contributed by atoms with Crippen LogP contribution in [-0.2, 0) is 4.79 Å². The van der Waals surface area contributed by atoms with Gasteiger partial charge in [0.2, 0.25) is 5.91 Å². The van der Waals surface area contributed by atoms with E-state index in [4.69, 9.17) is 4.74 Å². The van der Waals surface area contributed by atoms with E-state index >= 15 is 0 Å². The zero-order chi connectivity index (χ0) is 14.8. The van der Waals surface area contributed by atoms with Gasteiger partial charge in [-0.05, 0) is 12.1 Å². The Bertz CT molecular complexity index is 491. The van der Waals surface area contributed by atoms with Gasteiger partial charge in [0.15, 0.2) is 0 Å². The van der Waals surface area contributed by atoms with Gasteiger partial charge in [-0.3, -0.25) is 4.79 Å². The molecule has 7 heteroatoms. The molecular formula is C13H15F3N2O2. The molecule has 1 aliphatic heterocycles. The SMILES string of the molecule is COc1cccc(N2CCC(=O)NCC2C(F)(F)F)c1. The summed E-state index contributed by atoms with van der Waals surface area (Å²) in [5.74, 6) is 0.108. The van der Waals surface area contributed by atoms with Crippen LogP contribution in [0.15, 0.2) is 24.3 Å². The van der Waals surface area contributed by atoms with Crippen molar-refractivity contribution in [2.45, 2.75) is 18.6 Å². The highest BCUT2D eigenvalue weighted by Gasteiger charge is 2.45. The molecular weight excluding hydrogens is 273 g/mol. The number of nitrogens with zero attached hydrogens (tertiary/aromatic N) is 1. The average molecular weight is 288 g/mol. The Morgan fingerprint density at radius 3 is 2.80 bits per heavy atom. The zero-order valence-electron chi connectivity index (χ0n) is 10.9. The van der Waals surface area contributed by atoms with E-state index in [0.29, 0.717) is 11.4 Å². The fourth-order valence-corrected chi connectivity index (χ4v) is 2.18. The Balaban J connectivity index is 2.34. The first-order valence-corrected chi connectivity index (χ1v) is 6.16. The van der Waals surface area contributed by atoms with Crippen LogP contribution in [0.25, 0.3) is 0 Å². The summed E-state index contributed by atoms with van der Waals surface area (Å²) in [6.45, 7) is -0.428. The Labute approximate surface area is 114 Å². The second-order valence-corrected chi connectivity index (χ2v) is 4.51. The lowest BCUT2D eigenvalue weighted by molar-refractivity contribution is -0.147. The Hall–Kier alpha value is -1.92. The van der Waals surface area contributed by atoms with Gasteiger partial charge in [0, 0.05) is 31.3 Å². The number of benzene rings is 1. The van der Waals surface area contributed by atoms with Crippen LogP contribution in [0.2, 0.25) is 0 Å². The predicted molar refractivity (Wildman–Crippen MR) is 67.8 cm³/mol. The van der Waals surface area contributed by atoms with Crippen molar-refractivity contribution in [1.82, 2.24) is 5.32 Å². The summed E-state index contributed by atoms with van der Waals surface area (Å²) in [7, 11) is 1.45. The number of amides is 1. The molecule has 1 unspecified atom stereocenters. The predicted octanol–water partition coefficient (Wildman–Crippen LogP) is 1.95. The van der Waals surface area contributed by atoms with E-state index in [9.17, 15) is 18.0 Å². The van der Waals surface area contributed by atoms with Gasteiger partial charge in [-0.1, -0.05) is 6.07 Å². The molecule has 20 heavy (non-hydrogen) atoms. The summed E-state index contributed by atoms with van der Waals surface area (Å²) in [6, 6.07) is 4.67. The van der Waals surface area contributed by atoms with Crippen molar-refractivity contribution < 1.29 is 22.7 Å². The number of alkyl halides is 3. The number of carbonyl (C=O) groups excluding carboxylic acids is 1. The fourth-order valence-electron chi connectivity index (χ4n) is 2.18. The molecule has 0 aromatic heterocycles.